The Labute approximate surface area is 156 Å². The zero-order valence-corrected chi connectivity index (χ0v) is 15.9. The van der Waals surface area contributed by atoms with Crippen molar-refractivity contribution < 1.29 is 13.2 Å². The van der Waals surface area contributed by atoms with Crippen molar-refractivity contribution in [1.29, 1.82) is 0 Å². The van der Waals surface area contributed by atoms with Crippen LogP contribution in [0.2, 0.25) is 0 Å². The highest BCUT2D eigenvalue weighted by Gasteiger charge is 2.15. The maximum atomic E-state index is 12.5. The normalized spacial score (nSPS) is 11.2. The van der Waals surface area contributed by atoms with Crippen LogP contribution in [0.15, 0.2) is 64.2 Å². The molecule has 0 radical (unpaired) electrons. The first-order valence-corrected chi connectivity index (χ1v) is 10.3. The summed E-state index contributed by atoms with van der Waals surface area (Å²) in [5.41, 5.74) is 3.73. The van der Waals surface area contributed by atoms with Gasteiger partial charge < -0.3 is 5.32 Å². The molecule has 3 aromatic rings. The highest BCUT2D eigenvalue weighted by molar-refractivity contribution is 7.92. The second-order valence-corrected chi connectivity index (χ2v) is 8.36. The van der Waals surface area contributed by atoms with Crippen LogP contribution in [0, 0.1) is 13.8 Å². The van der Waals surface area contributed by atoms with Crippen molar-refractivity contribution in [3.8, 4) is 0 Å². The van der Waals surface area contributed by atoms with Crippen LogP contribution in [0.4, 0.5) is 11.4 Å². The Balaban J connectivity index is 1.74. The van der Waals surface area contributed by atoms with Gasteiger partial charge in [-0.2, -0.15) is 11.3 Å². The molecule has 0 saturated heterocycles. The average Bonchev–Trinajstić information content (AvgIpc) is 3.13. The van der Waals surface area contributed by atoms with Gasteiger partial charge in [-0.05, 0) is 72.8 Å². The maximum Gasteiger partial charge on any atom is 0.261 e. The molecule has 1 heterocycles. The first-order chi connectivity index (χ1) is 12.3. The first kappa shape index (κ1) is 18.2. The number of carbonyl (C=O) groups is 1. The molecule has 0 aliphatic rings. The van der Waals surface area contributed by atoms with E-state index < -0.39 is 10.0 Å². The number of aryl methyl sites for hydroxylation is 2. The van der Waals surface area contributed by atoms with Gasteiger partial charge in [-0.25, -0.2) is 8.42 Å². The Morgan fingerprint density at radius 1 is 0.923 bits per heavy atom. The van der Waals surface area contributed by atoms with Gasteiger partial charge in [0.15, 0.2) is 0 Å². The van der Waals surface area contributed by atoms with Crippen LogP contribution in [-0.2, 0) is 10.0 Å². The zero-order chi connectivity index (χ0) is 18.7. The number of amides is 1. The number of carbonyl (C=O) groups excluding carboxylic acids is 1. The Hall–Kier alpha value is -2.64. The minimum Gasteiger partial charge on any atom is -0.322 e. The Kier molecular flexibility index (Phi) is 5.11. The molecule has 3 rings (SSSR count). The fourth-order valence-corrected chi connectivity index (χ4v) is 4.02. The van der Waals surface area contributed by atoms with E-state index >= 15 is 0 Å². The van der Waals surface area contributed by atoms with E-state index in [1.165, 1.54) is 23.5 Å². The molecule has 1 amide bonds. The van der Waals surface area contributed by atoms with E-state index in [9.17, 15) is 13.2 Å². The molecule has 0 bridgehead atoms. The smallest absolute Gasteiger partial charge is 0.261 e. The van der Waals surface area contributed by atoms with Crippen LogP contribution < -0.4 is 10.0 Å². The summed E-state index contributed by atoms with van der Waals surface area (Å²) < 4.78 is 27.6. The van der Waals surface area contributed by atoms with Crippen LogP contribution >= 0.6 is 11.3 Å². The Morgan fingerprint density at radius 3 is 2.23 bits per heavy atom. The van der Waals surface area contributed by atoms with E-state index in [4.69, 9.17) is 0 Å². The Bertz CT molecular complexity index is 1030. The number of hydrogen-bond donors (Lipinski definition) is 2. The van der Waals surface area contributed by atoms with Crippen LogP contribution in [-0.4, -0.2) is 14.3 Å². The van der Waals surface area contributed by atoms with Gasteiger partial charge in [0, 0.05) is 16.8 Å². The van der Waals surface area contributed by atoms with Crippen molar-refractivity contribution in [3.05, 3.63) is 76.0 Å². The third-order valence-electron chi connectivity index (χ3n) is 3.96. The van der Waals surface area contributed by atoms with Gasteiger partial charge in [-0.3, -0.25) is 9.52 Å². The highest BCUT2D eigenvalue weighted by Crippen LogP contribution is 2.21. The minimum absolute atomic E-state index is 0.129. The molecular weight excluding hydrogens is 368 g/mol. The second kappa shape index (κ2) is 7.31. The molecular formula is C19H18N2O3S2. The number of nitrogens with one attached hydrogen (secondary N) is 2. The summed E-state index contributed by atoms with van der Waals surface area (Å²) >= 11 is 1.44. The second-order valence-electron chi connectivity index (χ2n) is 5.90. The lowest BCUT2D eigenvalue weighted by atomic mass is 10.1. The molecule has 0 spiro atoms. The zero-order valence-electron chi connectivity index (χ0n) is 14.3. The van der Waals surface area contributed by atoms with E-state index in [0.29, 0.717) is 16.9 Å². The van der Waals surface area contributed by atoms with Gasteiger partial charge in [0.25, 0.3) is 15.9 Å². The van der Waals surface area contributed by atoms with Crippen molar-refractivity contribution in [2.24, 2.45) is 0 Å². The lowest BCUT2D eigenvalue weighted by molar-refractivity contribution is 0.102. The lowest BCUT2D eigenvalue weighted by Gasteiger charge is -2.11. The molecule has 0 aliphatic carbocycles. The summed E-state index contributed by atoms with van der Waals surface area (Å²) in [5, 5.41) is 6.31. The molecule has 26 heavy (non-hydrogen) atoms. The predicted octanol–water partition coefficient (Wildman–Crippen LogP) is 4.42. The van der Waals surface area contributed by atoms with Crippen molar-refractivity contribution in [2.75, 3.05) is 10.0 Å². The summed E-state index contributed by atoms with van der Waals surface area (Å²) in [6, 6.07) is 13.2. The van der Waals surface area contributed by atoms with Gasteiger partial charge in [-0.1, -0.05) is 6.07 Å². The molecule has 0 unspecified atom stereocenters. The van der Waals surface area contributed by atoms with E-state index in [0.717, 1.165) is 11.1 Å². The van der Waals surface area contributed by atoms with Gasteiger partial charge in [0.05, 0.1) is 10.5 Å². The monoisotopic (exact) mass is 386 g/mol. The number of hydrogen-bond acceptors (Lipinski definition) is 4. The van der Waals surface area contributed by atoms with Crippen molar-refractivity contribution in [3.63, 3.8) is 0 Å². The quantitative estimate of drug-likeness (QED) is 0.682. The summed E-state index contributed by atoms with van der Waals surface area (Å²) in [4.78, 5) is 12.2. The fourth-order valence-electron chi connectivity index (χ4n) is 2.33. The molecule has 5 nitrogen and oxygen atoms in total. The topological polar surface area (TPSA) is 75.3 Å². The summed E-state index contributed by atoms with van der Waals surface area (Å²) in [6.07, 6.45) is 0. The number of anilines is 2. The predicted molar refractivity (Wildman–Crippen MR) is 105 cm³/mol. The van der Waals surface area contributed by atoms with Gasteiger partial charge in [0.1, 0.15) is 0 Å². The number of benzene rings is 2. The van der Waals surface area contributed by atoms with E-state index in [1.807, 2.05) is 25.3 Å². The molecule has 1 aromatic heterocycles. The lowest BCUT2D eigenvalue weighted by Crippen LogP contribution is -2.14. The number of rotatable bonds is 5. The van der Waals surface area contributed by atoms with E-state index in [2.05, 4.69) is 10.0 Å². The maximum absolute atomic E-state index is 12.5. The molecule has 0 atom stereocenters. The standard InChI is InChI=1S/C19H18N2O3S2/c1-13-3-4-17(11-14(13)2)21-26(23,24)18-7-5-16(6-8-18)20-19(22)15-9-10-25-12-15/h3-12,21H,1-2H3,(H,20,22). The summed E-state index contributed by atoms with van der Waals surface area (Å²) in [6.45, 7) is 3.90. The number of sulfonamides is 1. The van der Waals surface area contributed by atoms with Crippen LogP contribution in [0.5, 0.6) is 0 Å². The van der Waals surface area contributed by atoms with Crippen molar-refractivity contribution in [1.82, 2.24) is 0 Å². The molecule has 0 aliphatic heterocycles. The van der Waals surface area contributed by atoms with Gasteiger partial charge in [-0.15, -0.1) is 0 Å². The third-order valence-corrected chi connectivity index (χ3v) is 6.05. The molecule has 2 aromatic carbocycles. The summed E-state index contributed by atoms with van der Waals surface area (Å²) in [7, 11) is -3.69. The van der Waals surface area contributed by atoms with Crippen molar-refractivity contribution >= 4 is 38.6 Å². The fraction of sp³-hybridized carbons (Fsp3) is 0.105. The SMILES string of the molecule is Cc1ccc(NS(=O)(=O)c2ccc(NC(=O)c3ccsc3)cc2)cc1C. The Morgan fingerprint density at radius 2 is 1.62 bits per heavy atom. The van der Waals surface area contributed by atoms with Crippen LogP contribution in [0.25, 0.3) is 0 Å². The third kappa shape index (κ3) is 4.12. The van der Waals surface area contributed by atoms with Gasteiger partial charge in [0.2, 0.25) is 0 Å². The molecule has 0 fully saturated rings. The largest absolute Gasteiger partial charge is 0.322 e. The summed E-state index contributed by atoms with van der Waals surface area (Å²) in [5.74, 6) is -0.227. The van der Waals surface area contributed by atoms with Gasteiger partial charge >= 0.3 is 0 Å². The molecule has 2 N–H and O–H groups in total. The van der Waals surface area contributed by atoms with Crippen LogP contribution in [0.3, 0.4) is 0 Å². The molecule has 7 heteroatoms. The van der Waals surface area contributed by atoms with E-state index in [1.54, 1.807) is 35.7 Å². The van der Waals surface area contributed by atoms with Crippen molar-refractivity contribution in [2.45, 2.75) is 18.7 Å². The molecule has 0 saturated carbocycles. The van der Waals surface area contributed by atoms with E-state index in [-0.39, 0.29) is 10.8 Å². The molecule has 134 valence electrons. The minimum atomic E-state index is -3.69. The average molecular weight is 386 g/mol. The first-order valence-electron chi connectivity index (χ1n) is 7.89. The van der Waals surface area contributed by atoms with Crippen LogP contribution in [0.1, 0.15) is 21.5 Å². The highest BCUT2D eigenvalue weighted by atomic mass is 32.2. The number of thiophene rings is 1.